The predicted octanol–water partition coefficient (Wildman–Crippen LogP) is 5.27. The second-order valence-electron chi connectivity index (χ2n) is 11.2. The Kier molecular flexibility index (Phi) is 7.14. The van der Waals surface area contributed by atoms with E-state index in [1.165, 1.54) is 39.0 Å². The third-order valence-corrected chi connectivity index (χ3v) is 8.48. The lowest BCUT2D eigenvalue weighted by Crippen LogP contribution is -2.49. The van der Waals surface area contributed by atoms with Gasteiger partial charge in [0, 0.05) is 64.1 Å². The molecule has 1 aliphatic carbocycles. The van der Waals surface area contributed by atoms with E-state index in [9.17, 15) is 0 Å². The van der Waals surface area contributed by atoms with Crippen molar-refractivity contribution in [3.8, 4) is 22.6 Å². The highest BCUT2D eigenvalue weighted by Gasteiger charge is 2.30. The van der Waals surface area contributed by atoms with Crippen LogP contribution in [-0.2, 0) is 0 Å². The normalized spacial score (nSPS) is 20.8. The summed E-state index contributed by atoms with van der Waals surface area (Å²) in [5.41, 5.74) is 10.6. The molecule has 2 aliphatic rings. The minimum atomic E-state index is 0.410. The Morgan fingerprint density at radius 2 is 1.62 bits per heavy atom. The van der Waals surface area contributed by atoms with Gasteiger partial charge in [-0.15, -0.1) is 0 Å². The van der Waals surface area contributed by atoms with Crippen LogP contribution in [0.25, 0.3) is 22.2 Å². The molecule has 6 rings (SSSR count). The number of nitrogens with zero attached hydrogens (tertiary/aromatic N) is 6. The van der Waals surface area contributed by atoms with Crippen molar-refractivity contribution < 1.29 is 4.74 Å². The summed E-state index contributed by atoms with van der Waals surface area (Å²) in [5.74, 6) is 2.15. The summed E-state index contributed by atoms with van der Waals surface area (Å²) in [4.78, 5) is 16.3. The Morgan fingerprint density at radius 3 is 2.33 bits per heavy atom. The molecule has 2 aromatic heterocycles. The predicted molar refractivity (Wildman–Crippen MR) is 159 cm³/mol. The molecule has 2 aromatic carbocycles. The lowest BCUT2D eigenvalue weighted by Gasteiger charge is -2.41. The number of anilines is 2. The zero-order valence-electron chi connectivity index (χ0n) is 23.3. The highest BCUT2D eigenvalue weighted by atomic mass is 16.5. The molecular formula is C31H39N7O. The fraction of sp³-hybridized carbons (Fsp3) is 0.419. The van der Waals surface area contributed by atoms with Crippen LogP contribution in [0.2, 0.25) is 0 Å². The van der Waals surface area contributed by atoms with Crippen LogP contribution in [0.3, 0.4) is 0 Å². The lowest BCUT2D eigenvalue weighted by atomic mass is 9.89. The van der Waals surface area contributed by atoms with Crippen molar-refractivity contribution in [2.75, 3.05) is 58.0 Å². The SMILES string of the molecule is CN1CCN(C2CCC(n3cc(-c4ccc(Oc5ccccc5)c(N(C)C)c4)c4c(N)ncnc43)CC2)CC1. The van der Waals surface area contributed by atoms with Gasteiger partial charge in [0.25, 0.3) is 0 Å². The monoisotopic (exact) mass is 525 g/mol. The van der Waals surface area contributed by atoms with Gasteiger partial charge in [0.15, 0.2) is 5.75 Å². The van der Waals surface area contributed by atoms with E-state index in [0.29, 0.717) is 17.9 Å². The Bertz CT molecular complexity index is 1420. The first-order chi connectivity index (χ1) is 19.0. The fourth-order valence-electron chi connectivity index (χ4n) is 6.23. The van der Waals surface area contributed by atoms with E-state index < -0.39 is 0 Å². The number of nitrogens with two attached hydrogens (primary N) is 1. The van der Waals surface area contributed by atoms with Gasteiger partial charge < -0.3 is 24.8 Å². The summed E-state index contributed by atoms with van der Waals surface area (Å²) < 4.78 is 8.60. The topological polar surface area (TPSA) is 75.7 Å². The van der Waals surface area contributed by atoms with Crippen LogP contribution in [0, 0.1) is 0 Å². The molecule has 2 fully saturated rings. The van der Waals surface area contributed by atoms with E-state index in [1.807, 2.05) is 50.5 Å². The van der Waals surface area contributed by atoms with Crippen molar-refractivity contribution in [2.45, 2.75) is 37.8 Å². The van der Waals surface area contributed by atoms with Crippen molar-refractivity contribution in [1.82, 2.24) is 24.3 Å². The maximum atomic E-state index is 6.49. The van der Waals surface area contributed by atoms with Gasteiger partial charge in [-0.1, -0.05) is 24.3 Å². The van der Waals surface area contributed by atoms with Crippen LogP contribution in [0.15, 0.2) is 61.1 Å². The maximum absolute atomic E-state index is 6.49. The summed E-state index contributed by atoms with van der Waals surface area (Å²) >= 11 is 0. The minimum absolute atomic E-state index is 0.410. The number of rotatable bonds is 6. The summed E-state index contributed by atoms with van der Waals surface area (Å²) in [5, 5.41) is 0.931. The van der Waals surface area contributed by atoms with Gasteiger partial charge in [-0.05, 0) is 62.6 Å². The number of benzene rings is 2. The summed E-state index contributed by atoms with van der Waals surface area (Å²) in [6.07, 6.45) is 8.59. The van der Waals surface area contributed by atoms with Crippen LogP contribution < -0.4 is 15.4 Å². The molecule has 0 bridgehead atoms. The Morgan fingerprint density at radius 1 is 0.897 bits per heavy atom. The highest BCUT2D eigenvalue weighted by molar-refractivity contribution is 6.01. The fourth-order valence-corrected chi connectivity index (χ4v) is 6.23. The molecule has 39 heavy (non-hydrogen) atoms. The summed E-state index contributed by atoms with van der Waals surface area (Å²) in [7, 11) is 6.30. The minimum Gasteiger partial charge on any atom is -0.455 e. The molecule has 2 N–H and O–H groups in total. The third-order valence-electron chi connectivity index (χ3n) is 8.48. The van der Waals surface area contributed by atoms with Crippen LogP contribution in [0.4, 0.5) is 11.5 Å². The quantitative estimate of drug-likeness (QED) is 0.368. The molecule has 1 saturated heterocycles. The highest BCUT2D eigenvalue weighted by Crippen LogP contribution is 2.41. The molecule has 4 aromatic rings. The number of para-hydroxylation sites is 1. The molecule has 0 spiro atoms. The Hall–Kier alpha value is -3.62. The first kappa shape index (κ1) is 25.6. The second-order valence-corrected chi connectivity index (χ2v) is 11.2. The number of hydrogen-bond acceptors (Lipinski definition) is 7. The van der Waals surface area contributed by atoms with Gasteiger partial charge in [0.2, 0.25) is 0 Å². The molecule has 3 heterocycles. The number of piperazine rings is 1. The Labute approximate surface area is 231 Å². The number of ether oxygens (including phenoxy) is 1. The van der Waals surface area contributed by atoms with Gasteiger partial charge in [-0.25, -0.2) is 9.97 Å². The number of aromatic nitrogens is 3. The van der Waals surface area contributed by atoms with E-state index in [4.69, 9.17) is 15.5 Å². The van der Waals surface area contributed by atoms with Crippen molar-refractivity contribution in [2.24, 2.45) is 0 Å². The van der Waals surface area contributed by atoms with Crippen molar-refractivity contribution in [3.63, 3.8) is 0 Å². The average Bonchev–Trinajstić information content (AvgIpc) is 3.35. The molecule has 1 saturated carbocycles. The van der Waals surface area contributed by atoms with E-state index in [1.54, 1.807) is 6.33 Å². The second kappa shape index (κ2) is 10.9. The van der Waals surface area contributed by atoms with Gasteiger partial charge in [-0.3, -0.25) is 4.90 Å². The summed E-state index contributed by atoms with van der Waals surface area (Å²) in [6, 6.07) is 17.3. The standard InChI is InChI=1S/C31H39N7O/c1-35(2)27-19-22(9-14-28(27)39-25-7-5-4-6-8-25)26-20-38(31-29(26)30(32)33-21-34-31)24-12-10-23(11-13-24)37-17-15-36(3)16-18-37/h4-9,14,19-21,23-24H,10-13,15-18H2,1-3H3,(H2,32,33,34). The molecule has 1 aliphatic heterocycles. The average molecular weight is 526 g/mol. The third kappa shape index (κ3) is 5.18. The van der Waals surface area contributed by atoms with E-state index >= 15 is 0 Å². The van der Waals surface area contributed by atoms with Crippen molar-refractivity contribution in [3.05, 3.63) is 61.1 Å². The Balaban J connectivity index is 1.30. The molecule has 204 valence electrons. The van der Waals surface area contributed by atoms with Gasteiger partial charge in [0.1, 0.15) is 23.5 Å². The smallest absolute Gasteiger partial charge is 0.150 e. The number of likely N-dealkylation sites (N-methyl/N-ethyl adjacent to an activating group) is 1. The van der Waals surface area contributed by atoms with E-state index in [0.717, 1.165) is 52.2 Å². The molecular weight excluding hydrogens is 486 g/mol. The molecule has 0 radical (unpaired) electrons. The molecule has 8 heteroatoms. The zero-order valence-corrected chi connectivity index (χ0v) is 23.3. The molecule has 8 nitrogen and oxygen atoms in total. The summed E-state index contributed by atoms with van der Waals surface area (Å²) in [6.45, 7) is 4.71. The van der Waals surface area contributed by atoms with Gasteiger partial charge in [0.05, 0.1) is 11.1 Å². The number of fused-ring (bicyclic) bond motifs is 1. The van der Waals surface area contributed by atoms with E-state index in [2.05, 4.69) is 49.6 Å². The number of hydrogen-bond donors (Lipinski definition) is 1. The van der Waals surface area contributed by atoms with Crippen molar-refractivity contribution in [1.29, 1.82) is 0 Å². The van der Waals surface area contributed by atoms with Crippen LogP contribution >= 0.6 is 0 Å². The van der Waals surface area contributed by atoms with Crippen LogP contribution in [0.5, 0.6) is 11.5 Å². The van der Waals surface area contributed by atoms with Crippen LogP contribution in [0.1, 0.15) is 31.7 Å². The molecule has 0 atom stereocenters. The van der Waals surface area contributed by atoms with Crippen LogP contribution in [-0.4, -0.2) is 77.7 Å². The molecule has 0 unspecified atom stereocenters. The van der Waals surface area contributed by atoms with Crippen molar-refractivity contribution >= 4 is 22.5 Å². The van der Waals surface area contributed by atoms with E-state index in [-0.39, 0.29) is 0 Å². The largest absolute Gasteiger partial charge is 0.455 e. The van der Waals surface area contributed by atoms with Gasteiger partial charge in [-0.2, -0.15) is 0 Å². The maximum Gasteiger partial charge on any atom is 0.150 e. The molecule has 0 amide bonds. The zero-order chi connectivity index (χ0) is 26.9. The lowest BCUT2D eigenvalue weighted by molar-refractivity contribution is 0.0828. The first-order valence-corrected chi connectivity index (χ1v) is 14.1. The van der Waals surface area contributed by atoms with Gasteiger partial charge >= 0.3 is 0 Å². The first-order valence-electron chi connectivity index (χ1n) is 14.1. The number of nitrogen functional groups attached to an aromatic ring is 1.